The molecular formula is C21H23NO3. The number of nitrogens with zero attached hydrogens (tertiary/aromatic N) is 1. The Kier molecular flexibility index (Phi) is 5.17. The first-order valence-corrected chi connectivity index (χ1v) is 8.71. The van der Waals surface area contributed by atoms with E-state index >= 15 is 0 Å². The number of aromatic carboxylic acids is 1. The van der Waals surface area contributed by atoms with Crippen molar-refractivity contribution in [3.63, 3.8) is 0 Å². The van der Waals surface area contributed by atoms with Crippen molar-refractivity contribution < 1.29 is 14.7 Å². The van der Waals surface area contributed by atoms with Gasteiger partial charge in [0.2, 0.25) is 5.91 Å². The molecule has 0 aromatic heterocycles. The number of aryl methyl sites for hydroxylation is 2. The zero-order valence-corrected chi connectivity index (χ0v) is 14.5. The second kappa shape index (κ2) is 7.51. The van der Waals surface area contributed by atoms with Crippen LogP contribution in [-0.2, 0) is 24.2 Å². The molecule has 25 heavy (non-hydrogen) atoms. The van der Waals surface area contributed by atoms with Gasteiger partial charge in [-0.1, -0.05) is 35.9 Å². The molecule has 0 unspecified atom stereocenters. The van der Waals surface area contributed by atoms with Gasteiger partial charge in [0.25, 0.3) is 0 Å². The molecule has 2 aromatic rings. The lowest BCUT2D eigenvalue weighted by molar-refractivity contribution is -0.132. The highest BCUT2D eigenvalue weighted by atomic mass is 16.4. The van der Waals surface area contributed by atoms with E-state index in [1.54, 1.807) is 12.1 Å². The van der Waals surface area contributed by atoms with Gasteiger partial charge in [-0.25, -0.2) is 4.79 Å². The molecule has 4 nitrogen and oxygen atoms in total. The molecule has 130 valence electrons. The van der Waals surface area contributed by atoms with Gasteiger partial charge in [0.05, 0.1) is 5.56 Å². The van der Waals surface area contributed by atoms with Gasteiger partial charge in [-0.2, -0.15) is 0 Å². The summed E-state index contributed by atoms with van der Waals surface area (Å²) in [6.45, 7) is 3.29. The first kappa shape index (κ1) is 17.2. The lowest BCUT2D eigenvalue weighted by Crippen LogP contribution is -2.36. The zero-order valence-electron chi connectivity index (χ0n) is 14.5. The van der Waals surface area contributed by atoms with E-state index in [1.165, 1.54) is 11.1 Å². The summed E-state index contributed by atoms with van der Waals surface area (Å²) in [6, 6.07) is 13.6. The van der Waals surface area contributed by atoms with Crippen molar-refractivity contribution in [3.05, 3.63) is 70.3 Å². The maximum absolute atomic E-state index is 12.5. The van der Waals surface area contributed by atoms with E-state index in [1.807, 2.05) is 11.0 Å². The summed E-state index contributed by atoms with van der Waals surface area (Å²) in [5, 5.41) is 9.12. The normalized spacial score (nSPS) is 13.4. The van der Waals surface area contributed by atoms with Crippen LogP contribution >= 0.6 is 0 Å². The predicted octanol–water partition coefficient (Wildman–Crippen LogP) is 3.60. The molecule has 0 saturated carbocycles. The standard InChI is InChI=1S/C21H23NO3/c1-15-5-7-16(8-6-15)3-2-4-20(23)22-12-11-17-9-10-18(21(24)25)13-19(17)14-22/h5-10,13H,2-4,11-12,14H2,1H3,(H,24,25). The molecule has 2 aromatic carbocycles. The monoisotopic (exact) mass is 337 g/mol. The van der Waals surface area contributed by atoms with Gasteiger partial charge in [0.15, 0.2) is 0 Å². The van der Waals surface area contributed by atoms with Crippen LogP contribution < -0.4 is 0 Å². The average molecular weight is 337 g/mol. The Morgan fingerprint density at radius 3 is 2.56 bits per heavy atom. The molecule has 3 rings (SSSR count). The van der Waals surface area contributed by atoms with Crippen molar-refractivity contribution >= 4 is 11.9 Å². The topological polar surface area (TPSA) is 57.6 Å². The number of hydrogen-bond acceptors (Lipinski definition) is 2. The van der Waals surface area contributed by atoms with Crippen molar-refractivity contribution in [3.8, 4) is 0 Å². The van der Waals surface area contributed by atoms with Crippen LogP contribution in [0.4, 0.5) is 0 Å². The summed E-state index contributed by atoms with van der Waals surface area (Å²) < 4.78 is 0. The van der Waals surface area contributed by atoms with Crippen molar-refractivity contribution in [2.75, 3.05) is 6.54 Å². The summed E-state index contributed by atoms with van der Waals surface area (Å²) in [6.07, 6.45) is 3.06. The Hall–Kier alpha value is -2.62. The number of carbonyl (C=O) groups is 2. The SMILES string of the molecule is Cc1ccc(CCCC(=O)N2CCc3ccc(C(=O)O)cc3C2)cc1. The van der Waals surface area contributed by atoms with Crippen LogP contribution in [0.1, 0.15) is 45.5 Å². The van der Waals surface area contributed by atoms with Crippen LogP contribution in [-0.4, -0.2) is 28.4 Å². The fraction of sp³-hybridized carbons (Fsp3) is 0.333. The Morgan fingerprint density at radius 1 is 1.08 bits per heavy atom. The van der Waals surface area contributed by atoms with Gasteiger partial charge in [-0.05, 0) is 55.0 Å². The smallest absolute Gasteiger partial charge is 0.335 e. The molecule has 1 amide bonds. The molecule has 0 aliphatic carbocycles. The highest BCUT2D eigenvalue weighted by molar-refractivity contribution is 5.88. The minimum Gasteiger partial charge on any atom is -0.478 e. The summed E-state index contributed by atoms with van der Waals surface area (Å²) in [5.74, 6) is -0.775. The van der Waals surface area contributed by atoms with E-state index in [-0.39, 0.29) is 11.5 Å². The maximum atomic E-state index is 12.5. The number of carboxylic acids is 1. The average Bonchev–Trinajstić information content (AvgIpc) is 2.62. The van der Waals surface area contributed by atoms with E-state index in [2.05, 4.69) is 31.2 Å². The van der Waals surface area contributed by atoms with Gasteiger partial charge >= 0.3 is 5.97 Å². The second-order valence-corrected chi connectivity index (χ2v) is 6.69. The highest BCUT2D eigenvalue weighted by Gasteiger charge is 2.21. The Balaban J connectivity index is 1.55. The van der Waals surface area contributed by atoms with Crippen molar-refractivity contribution in [2.24, 2.45) is 0 Å². The van der Waals surface area contributed by atoms with Gasteiger partial charge in [-0.15, -0.1) is 0 Å². The van der Waals surface area contributed by atoms with Crippen LogP contribution in [0.15, 0.2) is 42.5 Å². The van der Waals surface area contributed by atoms with Gasteiger partial charge < -0.3 is 10.0 Å². The van der Waals surface area contributed by atoms with Crippen LogP contribution in [0.2, 0.25) is 0 Å². The van der Waals surface area contributed by atoms with Gasteiger partial charge in [-0.3, -0.25) is 4.79 Å². The molecule has 1 aliphatic rings. The first-order chi connectivity index (χ1) is 12.0. The van der Waals surface area contributed by atoms with Crippen molar-refractivity contribution in [1.29, 1.82) is 0 Å². The quantitative estimate of drug-likeness (QED) is 0.907. The lowest BCUT2D eigenvalue weighted by atomic mass is 9.97. The Bertz CT molecular complexity index is 780. The maximum Gasteiger partial charge on any atom is 0.335 e. The highest BCUT2D eigenvalue weighted by Crippen LogP contribution is 2.21. The largest absolute Gasteiger partial charge is 0.478 e. The number of hydrogen-bond donors (Lipinski definition) is 1. The third-order valence-corrected chi connectivity index (χ3v) is 4.79. The van der Waals surface area contributed by atoms with E-state index in [0.29, 0.717) is 19.5 Å². The third kappa shape index (κ3) is 4.27. The van der Waals surface area contributed by atoms with Crippen LogP contribution in [0.25, 0.3) is 0 Å². The third-order valence-electron chi connectivity index (χ3n) is 4.79. The zero-order chi connectivity index (χ0) is 17.8. The summed E-state index contributed by atoms with van der Waals surface area (Å²) in [5.41, 5.74) is 4.89. The molecular weight excluding hydrogens is 314 g/mol. The lowest BCUT2D eigenvalue weighted by Gasteiger charge is -2.29. The summed E-state index contributed by atoms with van der Waals surface area (Å²) >= 11 is 0. The van der Waals surface area contributed by atoms with E-state index < -0.39 is 5.97 Å². The van der Waals surface area contributed by atoms with E-state index in [9.17, 15) is 9.59 Å². The molecule has 1 N–H and O–H groups in total. The fourth-order valence-electron chi connectivity index (χ4n) is 3.26. The van der Waals surface area contributed by atoms with Gasteiger partial charge in [0.1, 0.15) is 0 Å². The van der Waals surface area contributed by atoms with E-state index in [0.717, 1.165) is 30.4 Å². The minimum absolute atomic E-state index is 0.151. The van der Waals surface area contributed by atoms with Crippen molar-refractivity contribution in [1.82, 2.24) is 4.90 Å². The molecule has 0 spiro atoms. The second-order valence-electron chi connectivity index (χ2n) is 6.69. The van der Waals surface area contributed by atoms with Crippen molar-refractivity contribution in [2.45, 2.75) is 39.2 Å². The number of benzene rings is 2. The molecule has 0 atom stereocenters. The van der Waals surface area contributed by atoms with Crippen LogP contribution in [0, 0.1) is 6.92 Å². The minimum atomic E-state index is -0.927. The first-order valence-electron chi connectivity index (χ1n) is 8.71. The number of fused-ring (bicyclic) bond motifs is 1. The summed E-state index contributed by atoms with van der Waals surface area (Å²) in [4.78, 5) is 25.4. The van der Waals surface area contributed by atoms with Crippen LogP contribution in [0.3, 0.4) is 0 Å². The molecule has 0 radical (unpaired) electrons. The molecule has 0 bridgehead atoms. The number of carbonyl (C=O) groups excluding carboxylic acids is 1. The summed E-state index contributed by atoms with van der Waals surface area (Å²) in [7, 11) is 0. The fourth-order valence-corrected chi connectivity index (χ4v) is 3.26. The molecule has 0 fully saturated rings. The molecule has 1 aliphatic heterocycles. The Labute approximate surface area is 148 Å². The number of amides is 1. The van der Waals surface area contributed by atoms with E-state index in [4.69, 9.17) is 5.11 Å². The Morgan fingerprint density at radius 2 is 1.84 bits per heavy atom. The molecule has 1 heterocycles. The van der Waals surface area contributed by atoms with Gasteiger partial charge in [0, 0.05) is 19.5 Å². The van der Waals surface area contributed by atoms with Crippen LogP contribution in [0.5, 0.6) is 0 Å². The molecule has 0 saturated heterocycles. The number of rotatable bonds is 5. The molecule has 4 heteroatoms. The number of carboxylic acid groups (broad SMARTS) is 1. The predicted molar refractivity (Wildman–Crippen MR) is 96.6 cm³/mol.